The van der Waals surface area contributed by atoms with E-state index in [-0.39, 0.29) is 36.6 Å². The molecule has 0 aliphatic carbocycles. The number of alkyl halides is 3. The van der Waals surface area contributed by atoms with Crippen LogP contribution in [0, 0.1) is 5.41 Å². The second-order valence-electron chi connectivity index (χ2n) is 8.92. The number of amides is 2. The van der Waals surface area contributed by atoms with Crippen molar-refractivity contribution in [1.29, 1.82) is 5.41 Å². The van der Waals surface area contributed by atoms with Crippen molar-refractivity contribution < 1.29 is 52.4 Å². The molecule has 41 heavy (non-hydrogen) atoms. The van der Waals surface area contributed by atoms with Gasteiger partial charge in [0, 0.05) is 30.6 Å². The lowest BCUT2D eigenvalue weighted by Crippen LogP contribution is -2.52. The molecule has 15 heteroatoms. The number of nitrogens with zero attached hydrogens (tertiary/aromatic N) is 1. The van der Waals surface area contributed by atoms with Gasteiger partial charge in [-0.25, -0.2) is 9.59 Å². The number of hydrogen-bond acceptors (Lipinski definition) is 7. The maximum Gasteiger partial charge on any atom is 0.490 e. The molecule has 1 atom stereocenters. The zero-order chi connectivity index (χ0) is 30.7. The fourth-order valence-corrected chi connectivity index (χ4v) is 3.76. The number of aliphatic carboxylic acids is 2. The van der Waals surface area contributed by atoms with Crippen molar-refractivity contribution in [2.75, 3.05) is 19.7 Å². The minimum Gasteiger partial charge on any atom is -0.508 e. The van der Waals surface area contributed by atoms with Gasteiger partial charge in [-0.1, -0.05) is 24.3 Å². The van der Waals surface area contributed by atoms with Gasteiger partial charge in [0.1, 0.15) is 24.2 Å². The third kappa shape index (κ3) is 10.8. The van der Waals surface area contributed by atoms with Crippen LogP contribution >= 0.6 is 0 Å². The van der Waals surface area contributed by atoms with Gasteiger partial charge in [0.05, 0.1) is 6.10 Å². The number of ether oxygens (including phenoxy) is 1. The summed E-state index contributed by atoms with van der Waals surface area (Å²) in [5, 5.41) is 35.7. The first-order chi connectivity index (χ1) is 19.2. The number of halogens is 3. The summed E-state index contributed by atoms with van der Waals surface area (Å²) in [5.41, 5.74) is 7.04. The Kier molecular flexibility index (Phi) is 11.6. The highest BCUT2D eigenvalue weighted by molar-refractivity contribution is 5.99. The van der Waals surface area contributed by atoms with Crippen molar-refractivity contribution in [2.45, 2.75) is 37.6 Å². The average molecular weight is 583 g/mol. The minimum absolute atomic E-state index is 0.102. The molecule has 0 bridgehead atoms. The first-order valence-electron chi connectivity index (χ1n) is 12.1. The number of amidine groups is 1. The fraction of sp³-hybridized carbons (Fsp3) is 0.346. The lowest BCUT2D eigenvalue weighted by molar-refractivity contribution is -0.192. The quantitative estimate of drug-likeness (QED) is 0.188. The van der Waals surface area contributed by atoms with Gasteiger partial charge in [-0.2, -0.15) is 13.2 Å². The number of rotatable bonds is 9. The van der Waals surface area contributed by atoms with Gasteiger partial charge in [0.25, 0.3) is 5.91 Å². The van der Waals surface area contributed by atoms with Crippen LogP contribution in [0.25, 0.3) is 0 Å². The van der Waals surface area contributed by atoms with Crippen LogP contribution in [-0.4, -0.2) is 87.8 Å². The van der Waals surface area contributed by atoms with Gasteiger partial charge >= 0.3 is 18.1 Å². The number of nitrogen functional groups attached to an aromatic ring is 1. The van der Waals surface area contributed by atoms with Crippen LogP contribution in [0.5, 0.6) is 5.75 Å². The summed E-state index contributed by atoms with van der Waals surface area (Å²) in [5.74, 6) is -4.49. The second kappa shape index (κ2) is 14.6. The number of aromatic hydroxyl groups is 1. The Bertz CT molecular complexity index is 1230. The molecule has 1 aliphatic heterocycles. The highest BCUT2D eigenvalue weighted by Crippen LogP contribution is 2.18. The predicted molar refractivity (Wildman–Crippen MR) is 137 cm³/mol. The third-order valence-corrected chi connectivity index (χ3v) is 5.88. The smallest absolute Gasteiger partial charge is 0.490 e. The summed E-state index contributed by atoms with van der Waals surface area (Å²) in [6.45, 7) is 0.400. The molecule has 1 fully saturated rings. The number of carboxylic acids is 2. The Labute approximate surface area is 232 Å². The van der Waals surface area contributed by atoms with Gasteiger partial charge in [-0.3, -0.25) is 15.0 Å². The lowest BCUT2D eigenvalue weighted by atomic mass is 10.0. The molecule has 0 saturated carbocycles. The number of nitrogens with one attached hydrogen (secondary N) is 2. The van der Waals surface area contributed by atoms with Crippen molar-refractivity contribution in [3.8, 4) is 5.75 Å². The number of carbonyl (C=O) groups excluding carboxylic acids is 2. The van der Waals surface area contributed by atoms with E-state index >= 15 is 0 Å². The molecule has 0 unspecified atom stereocenters. The molecule has 222 valence electrons. The molecule has 7 N–H and O–H groups in total. The summed E-state index contributed by atoms with van der Waals surface area (Å²) in [7, 11) is 0. The Balaban J connectivity index is 0.000000745. The third-order valence-electron chi connectivity index (χ3n) is 5.88. The maximum absolute atomic E-state index is 13.3. The number of piperidine rings is 1. The number of benzene rings is 2. The molecule has 1 aliphatic rings. The molecule has 3 rings (SSSR count). The zero-order valence-electron chi connectivity index (χ0n) is 21.6. The summed E-state index contributed by atoms with van der Waals surface area (Å²) in [6, 6.07) is 11.8. The molecule has 1 heterocycles. The molecule has 1 saturated heterocycles. The Morgan fingerprint density at radius 3 is 1.98 bits per heavy atom. The van der Waals surface area contributed by atoms with Crippen molar-refractivity contribution in [3.63, 3.8) is 0 Å². The zero-order valence-corrected chi connectivity index (χ0v) is 21.6. The van der Waals surface area contributed by atoms with Crippen LogP contribution in [-0.2, 0) is 25.5 Å². The van der Waals surface area contributed by atoms with E-state index in [1.54, 1.807) is 41.3 Å². The highest BCUT2D eigenvalue weighted by Gasteiger charge is 2.38. The van der Waals surface area contributed by atoms with E-state index in [1.165, 1.54) is 12.1 Å². The van der Waals surface area contributed by atoms with Crippen LogP contribution in [0.1, 0.15) is 34.3 Å². The standard InChI is InChI=1S/C24H28N4O6.C2HF3O2/c25-22(26)16-3-5-17(6-4-16)23(32)27-20(13-15-1-7-18(29)8-2-15)24(33)28-11-9-19(10-12-28)34-14-21(30)31;3-2(4,5)1(6)7/h1-8,19-20,29H,9-14H2,(H3,25,26)(H,27,32)(H,30,31);(H,6,7)/t20-;/m0./s1. The number of phenols is 1. The number of carbonyl (C=O) groups is 4. The predicted octanol–water partition coefficient (Wildman–Crippen LogP) is 1.74. The topological polar surface area (TPSA) is 203 Å². The normalized spacial score (nSPS) is 14.3. The largest absolute Gasteiger partial charge is 0.508 e. The second-order valence-corrected chi connectivity index (χ2v) is 8.92. The first-order valence-corrected chi connectivity index (χ1v) is 12.1. The van der Waals surface area contributed by atoms with Gasteiger partial charge < -0.3 is 36.0 Å². The SMILES string of the molecule is N=C(N)c1ccc(C(=O)N[C@@H](Cc2ccc(O)cc2)C(=O)N2CCC(OCC(=O)O)CC2)cc1.O=C(O)C(F)(F)F. The summed E-state index contributed by atoms with van der Waals surface area (Å²) in [6.07, 6.45) is -4.08. The summed E-state index contributed by atoms with van der Waals surface area (Å²) < 4.78 is 37.1. The van der Waals surface area contributed by atoms with Crippen LogP contribution in [0.2, 0.25) is 0 Å². The highest BCUT2D eigenvalue weighted by atomic mass is 19.4. The number of carboxylic acid groups (broad SMARTS) is 2. The molecule has 12 nitrogen and oxygen atoms in total. The minimum atomic E-state index is -5.08. The van der Waals surface area contributed by atoms with Crippen molar-refractivity contribution in [1.82, 2.24) is 10.2 Å². The van der Waals surface area contributed by atoms with Gasteiger partial charge in [0.15, 0.2) is 0 Å². The molecule has 2 aromatic rings. The van der Waals surface area contributed by atoms with E-state index in [0.717, 1.165) is 5.56 Å². The molecule has 2 aromatic carbocycles. The number of hydrogen-bond donors (Lipinski definition) is 6. The maximum atomic E-state index is 13.3. The molecular formula is C26H29F3N4O8. The molecule has 0 spiro atoms. The summed E-state index contributed by atoms with van der Waals surface area (Å²) >= 11 is 0. The molecule has 2 amide bonds. The number of likely N-dealkylation sites (tertiary alicyclic amines) is 1. The molecule has 0 aromatic heterocycles. The van der Waals surface area contributed by atoms with Gasteiger partial charge in [-0.05, 0) is 42.7 Å². The lowest BCUT2D eigenvalue weighted by Gasteiger charge is -2.34. The van der Waals surface area contributed by atoms with Crippen LogP contribution in [0.4, 0.5) is 13.2 Å². The number of phenolic OH excluding ortho intramolecular Hbond substituents is 1. The van der Waals surface area contributed by atoms with Crippen LogP contribution < -0.4 is 11.1 Å². The van der Waals surface area contributed by atoms with E-state index in [1.807, 2.05) is 0 Å². The summed E-state index contributed by atoms with van der Waals surface area (Å²) in [4.78, 5) is 47.5. The monoisotopic (exact) mass is 582 g/mol. The van der Waals surface area contributed by atoms with Crippen LogP contribution in [0.15, 0.2) is 48.5 Å². The molecule has 0 radical (unpaired) electrons. The van der Waals surface area contributed by atoms with E-state index in [9.17, 15) is 32.7 Å². The first kappa shape index (κ1) is 32.6. The average Bonchev–Trinajstić information content (AvgIpc) is 2.92. The van der Waals surface area contributed by atoms with Crippen LogP contribution in [0.3, 0.4) is 0 Å². The molecular weight excluding hydrogens is 553 g/mol. The van der Waals surface area contributed by atoms with Crippen molar-refractivity contribution >= 4 is 29.6 Å². The Hall–Kier alpha value is -4.66. The van der Waals surface area contributed by atoms with Crippen molar-refractivity contribution in [3.05, 3.63) is 65.2 Å². The van der Waals surface area contributed by atoms with E-state index < -0.39 is 30.1 Å². The Morgan fingerprint density at radius 2 is 1.51 bits per heavy atom. The van der Waals surface area contributed by atoms with Gasteiger partial charge in [-0.15, -0.1) is 0 Å². The number of nitrogens with two attached hydrogens (primary N) is 1. The van der Waals surface area contributed by atoms with Crippen molar-refractivity contribution in [2.24, 2.45) is 5.73 Å². The Morgan fingerprint density at radius 1 is 1.00 bits per heavy atom. The fourth-order valence-electron chi connectivity index (χ4n) is 3.76. The van der Waals surface area contributed by atoms with E-state index in [0.29, 0.717) is 37.1 Å². The van der Waals surface area contributed by atoms with E-state index in [4.69, 9.17) is 30.9 Å². The van der Waals surface area contributed by atoms with Gasteiger partial charge in [0.2, 0.25) is 5.91 Å². The van der Waals surface area contributed by atoms with E-state index in [2.05, 4.69) is 5.32 Å².